The number of carbonyl (C=O) groups excluding carboxylic acids is 1. The lowest BCUT2D eigenvalue weighted by Gasteiger charge is -2.08. The molecule has 0 radical (unpaired) electrons. The first kappa shape index (κ1) is 16.7. The number of anilines is 4. The molecule has 1 aromatic carbocycles. The molecule has 0 aliphatic heterocycles. The fourth-order valence-electron chi connectivity index (χ4n) is 2.00. The van der Waals surface area contributed by atoms with Gasteiger partial charge in [0.25, 0.3) is 0 Å². The molecular formula is C16H22N6O. The molecule has 1 heterocycles. The Kier molecular flexibility index (Phi) is 6.28. The Balaban J connectivity index is 1.93. The zero-order chi connectivity index (χ0) is 16.5. The van der Waals surface area contributed by atoms with E-state index in [2.05, 4.69) is 38.1 Å². The third-order valence-electron chi connectivity index (χ3n) is 3.10. The van der Waals surface area contributed by atoms with Crippen LogP contribution in [0.2, 0.25) is 0 Å². The van der Waals surface area contributed by atoms with E-state index in [4.69, 9.17) is 0 Å². The number of unbranched alkanes of at least 4 members (excludes halogenated alkanes) is 2. The van der Waals surface area contributed by atoms with Crippen molar-refractivity contribution in [1.82, 2.24) is 15.2 Å². The Morgan fingerprint density at radius 1 is 1.13 bits per heavy atom. The second-order valence-corrected chi connectivity index (χ2v) is 5.18. The van der Waals surface area contributed by atoms with Gasteiger partial charge in [-0.1, -0.05) is 19.8 Å². The summed E-state index contributed by atoms with van der Waals surface area (Å²) in [6, 6.07) is 7.37. The van der Waals surface area contributed by atoms with Gasteiger partial charge in [-0.2, -0.15) is 10.1 Å². The molecule has 122 valence electrons. The van der Waals surface area contributed by atoms with Crippen molar-refractivity contribution in [2.45, 2.75) is 33.1 Å². The standard InChI is InChI=1S/C16H22N6O/c1-3-4-5-10-17-16-21-15(11-18-22-16)20-14-8-6-13(7-9-14)19-12(2)23/h6-9,11H,3-5,10H2,1-2H3,(H,19,23)(H2,17,20,21,22). The van der Waals surface area contributed by atoms with Gasteiger partial charge in [-0.15, -0.1) is 5.10 Å². The van der Waals surface area contributed by atoms with Crippen molar-refractivity contribution in [3.8, 4) is 0 Å². The van der Waals surface area contributed by atoms with E-state index in [0.29, 0.717) is 11.8 Å². The predicted octanol–water partition coefficient (Wildman–Crippen LogP) is 3.18. The number of nitrogens with one attached hydrogen (secondary N) is 3. The van der Waals surface area contributed by atoms with Crippen LogP contribution in [0.25, 0.3) is 0 Å². The van der Waals surface area contributed by atoms with Gasteiger partial charge < -0.3 is 16.0 Å². The second kappa shape index (κ2) is 8.67. The van der Waals surface area contributed by atoms with Crippen molar-refractivity contribution in [2.75, 3.05) is 22.5 Å². The summed E-state index contributed by atoms with van der Waals surface area (Å²) >= 11 is 0. The smallest absolute Gasteiger partial charge is 0.244 e. The van der Waals surface area contributed by atoms with Crippen molar-refractivity contribution < 1.29 is 4.79 Å². The molecule has 0 saturated heterocycles. The third kappa shape index (κ3) is 5.90. The summed E-state index contributed by atoms with van der Waals surface area (Å²) in [5.74, 6) is 1.04. The lowest BCUT2D eigenvalue weighted by atomic mass is 10.2. The highest BCUT2D eigenvalue weighted by molar-refractivity contribution is 5.88. The average Bonchev–Trinajstić information content (AvgIpc) is 2.53. The van der Waals surface area contributed by atoms with Gasteiger partial charge in [0, 0.05) is 24.8 Å². The Hall–Kier alpha value is -2.70. The summed E-state index contributed by atoms with van der Waals surface area (Å²) in [7, 11) is 0. The second-order valence-electron chi connectivity index (χ2n) is 5.18. The van der Waals surface area contributed by atoms with E-state index < -0.39 is 0 Å². The quantitative estimate of drug-likeness (QED) is 0.648. The predicted molar refractivity (Wildman–Crippen MR) is 91.9 cm³/mol. The zero-order valence-electron chi connectivity index (χ0n) is 13.5. The minimum Gasteiger partial charge on any atom is -0.353 e. The molecule has 0 fully saturated rings. The minimum atomic E-state index is -0.0931. The first-order chi connectivity index (χ1) is 11.2. The van der Waals surface area contributed by atoms with Crippen LogP contribution in [0.1, 0.15) is 33.1 Å². The van der Waals surface area contributed by atoms with Crippen LogP contribution < -0.4 is 16.0 Å². The monoisotopic (exact) mass is 314 g/mol. The fourth-order valence-corrected chi connectivity index (χ4v) is 2.00. The Labute approximate surface area is 135 Å². The van der Waals surface area contributed by atoms with Gasteiger partial charge in [-0.05, 0) is 30.7 Å². The zero-order valence-corrected chi connectivity index (χ0v) is 13.5. The number of benzene rings is 1. The maximum atomic E-state index is 11.0. The minimum absolute atomic E-state index is 0.0931. The average molecular weight is 314 g/mol. The number of carbonyl (C=O) groups is 1. The summed E-state index contributed by atoms with van der Waals surface area (Å²) in [6.07, 6.45) is 5.01. The van der Waals surface area contributed by atoms with E-state index in [1.807, 2.05) is 24.3 Å². The highest BCUT2D eigenvalue weighted by Crippen LogP contribution is 2.17. The molecule has 23 heavy (non-hydrogen) atoms. The van der Waals surface area contributed by atoms with Crippen LogP contribution in [0.3, 0.4) is 0 Å². The van der Waals surface area contributed by atoms with Crippen LogP contribution in [0.4, 0.5) is 23.1 Å². The lowest BCUT2D eigenvalue weighted by molar-refractivity contribution is -0.114. The Morgan fingerprint density at radius 2 is 1.87 bits per heavy atom. The molecule has 0 aliphatic rings. The van der Waals surface area contributed by atoms with E-state index in [1.54, 1.807) is 6.20 Å². The molecular weight excluding hydrogens is 292 g/mol. The van der Waals surface area contributed by atoms with Crippen molar-refractivity contribution in [3.05, 3.63) is 30.5 Å². The molecule has 0 saturated carbocycles. The normalized spacial score (nSPS) is 10.2. The van der Waals surface area contributed by atoms with Crippen LogP contribution in [-0.4, -0.2) is 27.6 Å². The van der Waals surface area contributed by atoms with Crippen LogP contribution in [0, 0.1) is 0 Å². The Bertz CT molecular complexity index is 629. The molecule has 3 N–H and O–H groups in total. The van der Waals surface area contributed by atoms with Crippen molar-refractivity contribution in [2.24, 2.45) is 0 Å². The highest BCUT2D eigenvalue weighted by Gasteiger charge is 2.02. The number of nitrogens with zero attached hydrogens (tertiary/aromatic N) is 3. The largest absolute Gasteiger partial charge is 0.353 e. The first-order valence-electron chi connectivity index (χ1n) is 7.75. The van der Waals surface area contributed by atoms with Crippen LogP contribution in [-0.2, 0) is 4.79 Å². The van der Waals surface area contributed by atoms with Gasteiger partial charge in [-0.3, -0.25) is 4.79 Å². The maximum Gasteiger partial charge on any atom is 0.244 e. The van der Waals surface area contributed by atoms with Gasteiger partial charge in [-0.25, -0.2) is 0 Å². The van der Waals surface area contributed by atoms with Crippen molar-refractivity contribution in [1.29, 1.82) is 0 Å². The SMILES string of the molecule is CCCCCNc1nncc(Nc2ccc(NC(C)=O)cc2)n1. The third-order valence-corrected chi connectivity index (χ3v) is 3.10. The maximum absolute atomic E-state index is 11.0. The lowest BCUT2D eigenvalue weighted by Crippen LogP contribution is -2.08. The van der Waals surface area contributed by atoms with E-state index in [1.165, 1.54) is 19.8 Å². The summed E-state index contributed by atoms with van der Waals surface area (Å²) in [6.45, 7) is 4.48. The highest BCUT2D eigenvalue weighted by atomic mass is 16.1. The summed E-state index contributed by atoms with van der Waals surface area (Å²) in [5, 5.41) is 17.0. The number of hydrogen-bond acceptors (Lipinski definition) is 6. The van der Waals surface area contributed by atoms with Crippen molar-refractivity contribution in [3.63, 3.8) is 0 Å². The van der Waals surface area contributed by atoms with Gasteiger partial charge in [0.1, 0.15) is 0 Å². The van der Waals surface area contributed by atoms with E-state index in [-0.39, 0.29) is 5.91 Å². The van der Waals surface area contributed by atoms with Gasteiger partial charge in [0.2, 0.25) is 11.9 Å². The number of amides is 1. The van der Waals surface area contributed by atoms with Crippen LogP contribution >= 0.6 is 0 Å². The van der Waals surface area contributed by atoms with Gasteiger partial charge >= 0.3 is 0 Å². The molecule has 0 atom stereocenters. The molecule has 2 aromatic rings. The van der Waals surface area contributed by atoms with Gasteiger partial charge in [0.15, 0.2) is 5.82 Å². The van der Waals surface area contributed by atoms with Gasteiger partial charge in [0.05, 0.1) is 6.20 Å². The molecule has 0 spiro atoms. The molecule has 2 rings (SSSR count). The summed E-state index contributed by atoms with van der Waals surface area (Å²) in [5.41, 5.74) is 1.61. The molecule has 0 bridgehead atoms. The molecule has 7 nitrogen and oxygen atoms in total. The molecule has 1 aromatic heterocycles. The first-order valence-corrected chi connectivity index (χ1v) is 7.75. The Morgan fingerprint density at radius 3 is 2.57 bits per heavy atom. The van der Waals surface area contributed by atoms with Crippen molar-refractivity contribution >= 4 is 29.0 Å². The number of aromatic nitrogens is 3. The molecule has 1 amide bonds. The summed E-state index contributed by atoms with van der Waals surface area (Å²) in [4.78, 5) is 15.4. The topological polar surface area (TPSA) is 91.8 Å². The summed E-state index contributed by atoms with van der Waals surface area (Å²) < 4.78 is 0. The molecule has 0 unspecified atom stereocenters. The number of hydrogen-bond donors (Lipinski definition) is 3. The van der Waals surface area contributed by atoms with E-state index >= 15 is 0 Å². The van der Waals surface area contributed by atoms with E-state index in [0.717, 1.165) is 24.3 Å². The van der Waals surface area contributed by atoms with E-state index in [9.17, 15) is 4.79 Å². The fraction of sp³-hybridized carbons (Fsp3) is 0.375. The van der Waals surface area contributed by atoms with Crippen LogP contribution in [0.15, 0.2) is 30.5 Å². The molecule has 0 aliphatic carbocycles. The van der Waals surface area contributed by atoms with Crippen LogP contribution in [0.5, 0.6) is 0 Å². The number of rotatable bonds is 8. The molecule has 7 heteroatoms.